The lowest BCUT2D eigenvalue weighted by atomic mass is 10.1. The van der Waals surface area contributed by atoms with Crippen molar-refractivity contribution in [3.63, 3.8) is 0 Å². The van der Waals surface area contributed by atoms with Gasteiger partial charge in [-0.2, -0.15) is 0 Å². The number of benzene rings is 2. The first-order valence-electron chi connectivity index (χ1n) is 10.9. The van der Waals surface area contributed by atoms with Crippen LogP contribution in [0.1, 0.15) is 34.5 Å². The van der Waals surface area contributed by atoms with E-state index in [-0.39, 0.29) is 11.9 Å². The van der Waals surface area contributed by atoms with E-state index < -0.39 is 0 Å². The molecule has 32 heavy (non-hydrogen) atoms. The summed E-state index contributed by atoms with van der Waals surface area (Å²) in [6, 6.07) is 17.8. The molecular weight excluding hydrogens is 404 g/mol. The molecular formula is C24H28N6O2. The topological polar surface area (TPSA) is 92.2 Å². The zero-order valence-electron chi connectivity index (χ0n) is 18.3. The van der Waals surface area contributed by atoms with Crippen molar-refractivity contribution in [3.05, 3.63) is 82.7 Å². The summed E-state index contributed by atoms with van der Waals surface area (Å²) in [6.07, 6.45) is 0.826. The summed E-state index contributed by atoms with van der Waals surface area (Å²) in [4.78, 5) is 26.7. The third-order valence-electron chi connectivity index (χ3n) is 5.61. The summed E-state index contributed by atoms with van der Waals surface area (Å²) >= 11 is 0. The van der Waals surface area contributed by atoms with Gasteiger partial charge in [0.1, 0.15) is 0 Å². The minimum Gasteiger partial charge on any atom is -0.352 e. The van der Waals surface area contributed by atoms with Crippen LogP contribution in [0.4, 0.5) is 4.79 Å². The van der Waals surface area contributed by atoms with Crippen molar-refractivity contribution in [2.24, 2.45) is 0 Å². The van der Waals surface area contributed by atoms with E-state index in [9.17, 15) is 9.59 Å². The summed E-state index contributed by atoms with van der Waals surface area (Å²) in [5.41, 5.74) is 5.00. The van der Waals surface area contributed by atoms with Gasteiger partial charge < -0.3 is 15.5 Å². The number of rotatable bonds is 7. The van der Waals surface area contributed by atoms with Crippen LogP contribution in [-0.4, -0.2) is 38.4 Å². The van der Waals surface area contributed by atoms with Crippen LogP contribution in [0.15, 0.2) is 54.6 Å². The molecule has 1 aliphatic heterocycles. The second kappa shape index (κ2) is 10.1. The van der Waals surface area contributed by atoms with Gasteiger partial charge in [0, 0.05) is 32.5 Å². The fourth-order valence-electron chi connectivity index (χ4n) is 3.68. The van der Waals surface area contributed by atoms with Crippen LogP contribution in [0.25, 0.3) is 0 Å². The summed E-state index contributed by atoms with van der Waals surface area (Å²) in [5, 5.41) is 14.4. The zero-order chi connectivity index (χ0) is 22.3. The van der Waals surface area contributed by atoms with E-state index in [2.05, 4.69) is 20.9 Å². The molecule has 2 heterocycles. The standard InChI is InChI=1S/C24H28N6O2/c1-18-7-9-20(10-8-18)16-26-24(32)29-13-14-30-22(17-29)21(27-28-30)11-12-23(31)25-15-19-5-3-2-4-6-19/h2-10H,11-17H2,1H3,(H,25,31)(H,26,32). The summed E-state index contributed by atoms with van der Waals surface area (Å²) < 4.78 is 1.83. The largest absolute Gasteiger partial charge is 0.352 e. The maximum atomic E-state index is 12.7. The van der Waals surface area contributed by atoms with Crippen LogP contribution in [0.2, 0.25) is 0 Å². The highest BCUT2D eigenvalue weighted by Crippen LogP contribution is 2.16. The van der Waals surface area contributed by atoms with E-state index >= 15 is 0 Å². The highest BCUT2D eigenvalue weighted by atomic mass is 16.2. The number of nitrogens with zero attached hydrogens (tertiary/aromatic N) is 4. The molecule has 0 fully saturated rings. The van der Waals surface area contributed by atoms with Gasteiger partial charge in [0.15, 0.2) is 0 Å². The van der Waals surface area contributed by atoms with Crippen LogP contribution in [0, 0.1) is 6.92 Å². The number of hydrogen-bond donors (Lipinski definition) is 2. The number of aryl methyl sites for hydroxylation is 2. The first-order valence-corrected chi connectivity index (χ1v) is 10.9. The minimum atomic E-state index is -0.107. The Bertz CT molecular complexity index is 1060. The molecule has 2 aromatic carbocycles. The molecule has 166 valence electrons. The number of fused-ring (bicyclic) bond motifs is 1. The number of amides is 3. The van der Waals surface area contributed by atoms with Crippen molar-refractivity contribution in [2.75, 3.05) is 6.54 Å². The SMILES string of the molecule is Cc1ccc(CNC(=O)N2CCn3nnc(CCC(=O)NCc4ccccc4)c3C2)cc1. The van der Waals surface area contributed by atoms with Crippen LogP contribution < -0.4 is 10.6 Å². The summed E-state index contributed by atoms with van der Waals surface area (Å²) in [5.74, 6) is -0.0286. The molecule has 4 rings (SSSR count). The number of urea groups is 1. The molecule has 0 aliphatic carbocycles. The quantitative estimate of drug-likeness (QED) is 0.600. The molecule has 3 aromatic rings. The van der Waals surface area contributed by atoms with Gasteiger partial charge in [-0.15, -0.1) is 5.10 Å². The van der Waals surface area contributed by atoms with E-state index in [0.717, 1.165) is 22.5 Å². The van der Waals surface area contributed by atoms with Crippen molar-refractivity contribution in [2.45, 2.75) is 45.9 Å². The van der Waals surface area contributed by atoms with Gasteiger partial charge in [0.2, 0.25) is 5.91 Å². The van der Waals surface area contributed by atoms with Crippen molar-refractivity contribution < 1.29 is 9.59 Å². The van der Waals surface area contributed by atoms with Gasteiger partial charge in [0.25, 0.3) is 0 Å². The zero-order valence-corrected chi connectivity index (χ0v) is 18.3. The highest BCUT2D eigenvalue weighted by Gasteiger charge is 2.25. The van der Waals surface area contributed by atoms with E-state index in [0.29, 0.717) is 45.6 Å². The molecule has 0 unspecified atom stereocenters. The van der Waals surface area contributed by atoms with Crippen LogP contribution in [-0.2, 0) is 37.4 Å². The van der Waals surface area contributed by atoms with E-state index in [1.807, 2.05) is 66.2 Å². The maximum Gasteiger partial charge on any atom is 0.318 e. The van der Waals surface area contributed by atoms with Gasteiger partial charge in [0.05, 0.1) is 24.5 Å². The predicted molar refractivity (Wildman–Crippen MR) is 120 cm³/mol. The lowest BCUT2D eigenvalue weighted by Gasteiger charge is -2.28. The van der Waals surface area contributed by atoms with Gasteiger partial charge >= 0.3 is 6.03 Å². The predicted octanol–water partition coefficient (Wildman–Crippen LogP) is 2.56. The summed E-state index contributed by atoms with van der Waals surface area (Å²) in [7, 11) is 0. The van der Waals surface area contributed by atoms with Crippen molar-refractivity contribution in [1.82, 2.24) is 30.5 Å². The van der Waals surface area contributed by atoms with Crippen LogP contribution >= 0.6 is 0 Å². The lowest BCUT2D eigenvalue weighted by molar-refractivity contribution is -0.121. The first-order chi connectivity index (χ1) is 15.6. The normalized spacial score (nSPS) is 12.8. The molecule has 1 aromatic heterocycles. The molecule has 0 saturated carbocycles. The van der Waals surface area contributed by atoms with Crippen LogP contribution in [0.3, 0.4) is 0 Å². The Balaban J connectivity index is 1.27. The van der Waals surface area contributed by atoms with Gasteiger partial charge in [-0.3, -0.25) is 4.79 Å². The molecule has 1 aliphatic rings. The van der Waals surface area contributed by atoms with Gasteiger partial charge in [-0.05, 0) is 18.1 Å². The molecule has 2 N–H and O–H groups in total. The fourth-order valence-corrected chi connectivity index (χ4v) is 3.68. The Kier molecular flexibility index (Phi) is 6.79. The van der Waals surface area contributed by atoms with E-state index in [4.69, 9.17) is 0 Å². The second-order valence-corrected chi connectivity index (χ2v) is 8.03. The maximum absolute atomic E-state index is 12.7. The van der Waals surface area contributed by atoms with Crippen molar-refractivity contribution >= 4 is 11.9 Å². The monoisotopic (exact) mass is 432 g/mol. The third kappa shape index (κ3) is 5.51. The number of hydrogen-bond acceptors (Lipinski definition) is 4. The lowest BCUT2D eigenvalue weighted by Crippen LogP contribution is -2.44. The van der Waals surface area contributed by atoms with Gasteiger partial charge in [-0.1, -0.05) is 65.4 Å². The smallest absolute Gasteiger partial charge is 0.318 e. The summed E-state index contributed by atoms with van der Waals surface area (Å²) in [6.45, 7) is 4.65. The van der Waals surface area contributed by atoms with Gasteiger partial charge in [-0.25, -0.2) is 9.48 Å². The molecule has 0 atom stereocenters. The number of carbonyl (C=O) groups excluding carboxylic acids is 2. The molecule has 0 radical (unpaired) electrons. The number of carbonyl (C=O) groups is 2. The van der Waals surface area contributed by atoms with Crippen molar-refractivity contribution in [3.8, 4) is 0 Å². The Morgan fingerprint density at radius 2 is 1.66 bits per heavy atom. The molecule has 0 bridgehead atoms. The Labute approximate surface area is 187 Å². The molecule has 0 spiro atoms. The number of aromatic nitrogens is 3. The van der Waals surface area contributed by atoms with Crippen molar-refractivity contribution in [1.29, 1.82) is 0 Å². The van der Waals surface area contributed by atoms with E-state index in [1.165, 1.54) is 5.56 Å². The Morgan fingerprint density at radius 1 is 0.938 bits per heavy atom. The molecule has 8 nitrogen and oxygen atoms in total. The van der Waals surface area contributed by atoms with Crippen LogP contribution in [0.5, 0.6) is 0 Å². The fraction of sp³-hybridized carbons (Fsp3) is 0.333. The average molecular weight is 433 g/mol. The number of nitrogens with one attached hydrogen (secondary N) is 2. The Morgan fingerprint density at radius 3 is 2.44 bits per heavy atom. The minimum absolute atomic E-state index is 0.0286. The first kappa shape index (κ1) is 21.5. The Hall–Kier alpha value is -3.68. The second-order valence-electron chi connectivity index (χ2n) is 8.03. The average Bonchev–Trinajstić information content (AvgIpc) is 3.23. The highest BCUT2D eigenvalue weighted by molar-refractivity contribution is 5.76. The van der Waals surface area contributed by atoms with E-state index in [1.54, 1.807) is 4.90 Å². The molecule has 0 saturated heterocycles. The third-order valence-corrected chi connectivity index (χ3v) is 5.61. The molecule has 8 heteroatoms. The molecule has 3 amide bonds.